The first-order valence-corrected chi connectivity index (χ1v) is 12.9. The third-order valence-electron chi connectivity index (χ3n) is 6.47. The standard InChI is InChI=1S/C32H30N4O2/c1-2-3-21-35(32(38)28-20-12-16-24-13-10-11-19-27(24)28)23-31(37)33-30-22-29(25-14-6-4-7-15-25)34-36(30)26-17-8-5-9-18-26/h4-20,22H,2-3,21,23H2,1H3,(H,33,37). The summed E-state index contributed by atoms with van der Waals surface area (Å²) in [6, 6.07) is 34.9. The number of nitrogens with zero attached hydrogens (tertiary/aromatic N) is 3. The molecule has 1 aromatic heterocycles. The molecule has 0 fully saturated rings. The highest BCUT2D eigenvalue weighted by atomic mass is 16.2. The largest absolute Gasteiger partial charge is 0.329 e. The van der Waals surface area contributed by atoms with Crippen molar-refractivity contribution in [3.05, 3.63) is 115 Å². The number of benzene rings is 4. The summed E-state index contributed by atoms with van der Waals surface area (Å²) in [6.45, 7) is 2.52. The summed E-state index contributed by atoms with van der Waals surface area (Å²) in [5.41, 5.74) is 3.14. The van der Waals surface area contributed by atoms with Crippen molar-refractivity contribution in [2.45, 2.75) is 19.8 Å². The minimum absolute atomic E-state index is 0.0529. The topological polar surface area (TPSA) is 67.2 Å². The van der Waals surface area contributed by atoms with E-state index < -0.39 is 0 Å². The summed E-state index contributed by atoms with van der Waals surface area (Å²) in [7, 11) is 0. The van der Waals surface area contributed by atoms with Gasteiger partial charge in [0.2, 0.25) is 5.91 Å². The Labute approximate surface area is 222 Å². The molecule has 0 aliphatic rings. The Morgan fingerprint density at radius 2 is 1.53 bits per heavy atom. The molecular formula is C32H30N4O2. The number of hydrogen-bond donors (Lipinski definition) is 1. The van der Waals surface area contributed by atoms with Gasteiger partial charge in [0, 0.05) is 23.7 Å². The summed E-state index contributed by atoms with van der Waals surface area (Å²) in [6.07, 6.45) is 1.73. The molecule has 4 aromatic carbocycles. The van der Waals surface area contributed by atoms with Crippen LogP contribution in [0.2, 0.25) is 0 Å². The third kappa shape index (κ3) is 5.49. The first kappa shape index (κ1) is 25.0. The van der Waals surface area contributed by atoms with Crippen molar-refractivity contribution in [3.63, 3.8) is 0 Å². The monoisotopic (exact) mass is 502 g/mol. The molecule has 6 nitrogen and oxygen atoms in total. The molecule has 0 saturated heterocycles. The van der Waals surface area contributed by atoms with Crippen molar-refractivity contribution in [2.24, 2.45) is 0 Å². The van der Waals surface area contributed by atoms with E-state index in [1.165, 1.54) is 0 Å². The quantitative estimate of drug-likeness (QED) is 0.248. The molecule has 1 N–H and O–H groups in total. The summed E-state index contributed by atoms with van der Waals surface area (Å²) in [5.74, 6) is 0.131. The van der Waals surface area contributed by atoms with Crippen LogP contribution >= 0.6 is 0 Å². The number of amides is 2. The number of carbonyl (C=O) groups excluding carboxylic acids is 2. The lowest BCUT2D eigenvalue weighted by Crippen LogP contribution is -2.39. The normalized spacial score (nSPS) is 10.9. The number of hydrogen-bond acceptors (Lipinski definition) is 3. The van der Waals surface area contributed by atoms with Crippen LogP contribution in [0, 0.1) is 0 Å². The predicted molar refractivity (Wildman–Crippen MR) is 152 cm³/mol. The number of rotatable bonds is 9. The van der Waals surface area contributed by atoms with E-state index in [1.807, 2.05) is 109 Å². The predicted octanol–water partition coefficient (Wildman–Crippen LogP) is 6.57. The second-order valence-electron chi connectivity index (χ2n) is 9.18. The zero-order chi connectivity index (χ0) is 26.3. The van der Waals surface area contributed by atoms with Crippen molar-refractivity contribution in [2.75, 3.05) is 18.4 Å². The maximum absolute atomic E-state index is 13.7. The lowest BCUT2D eigenvalue weighted by molar-refractivity contribution is -0.116. The SMILES string of the molecule is CCCCN(CC(=O)Nc1cc(-c2ccccc2)nn1-c1ccccc1)C(=O)c1cccc2ccccc12. The van der Waals surface area contributed by atoms with Gasteiger partial charge in [0.05, 0.1) is 11.4 Å². The minimum Gasteiger partial charge on any atom is -0.329 e. The van der Waals surface area contributed by atoms with Gasteiger partial charge >= 0.3 is 0 Å². The van der Waals surface area contributed by atoms with E-state index in [-0.39, 0.29) is 18.4 Å². The van der Waals surface area contributed by atoms with Gasteiger partial charge in [0.15, 0.2) is 0 Å². The summed E-state index contributed by atoms with van der Waals surface area (Å²) in [5, 5.41) is 9.67. The Morgan fingerprint density at radius 1 is 0.842 bits per heavy atom. The molecule has 5 rings (SSSR count). The molecule has 5 aromatic rings. The van der Waals surface area contributed by atoms with Gasteiger partial charge in [-0.3, -0.25) is 9.59 Å². The smallest absolute Gasteiger partial charge is 0.254 e. The first-order valence-electron chi connectivity index (χ1n) is 12.9. The van der Waals surface area contributed by atoms with Gasteiger partial charge in [-0.15, -0.1) is 0 Å². The Morgan fingerprint density at radius 3 is 2.29 bits per heavy atom. The highest BCUT2D eigenvalue weighted by Crippen LogP contribution is 2.25. The Kier molecular flexibility index (Phi) is 7.59. The number of nitrogens with one attached hydrogen (secondary N) is 1. The number of aromatic nitrogens is 2. The van der Waals surface area contributed by atoms with Crippen molar-refractivity contribution in [1.82, 2.24) is 14.7 Å². The third-order valence-corrected chi connectivity index (χ3v) is 6.47. The van der Waals surface area contributed by atoms with Crippen LogP contribution in [0.15, 0.2) is 109 Å². The molecule has 0 bridgehead atoms. The van der Waals surface area contributed by atoms with Crippen LogP contribution in [-0.4, -0.2) is 39.6 Å². The van der Waals surface area contributed by atoms with Crippen LogP contribution in [0.3, 0.4) is 0 Å². The highest BCUT2D eigenvalue weighted by molar-refractivity contribution is 6.08. The fraction of sp³-hybridized carbons (Fsp3) is 0.156. The van der Waals surface area contributed by atoms with E-state index in [2.05, 4.69) is 12.2 Å². The van der Waals surface area contributed by atoms with Crippen LogP contribution in [-0.2, 0) is 4.79 Å². The lowest BCUT2D eigenvalue weighted by atomic mass is 10.0. The summed E-state index contributed by atoms with van der Waals surface area (Å²) >= 11 is 0. The molecule has 0 aliphatic carbocycles. The van der Waals surface area contributed by atoms with Gasteiger partial charge in [0.1, 0.15) is 12.4 Å². The number of carbonyl (C=O) groups is 2. The zero-order valence-electron chi connectivity index (χ0n) is 21.4. The Bertz CT molecular complexity index is 1540. The molecule has 38 heavy (non-hydrogen) atoms. The first-order chi connectivity index (χ1) is 18.6. The van der Waals surface area contributed by atoms with Crippen LogP contribution in [0.25, 0.3) is 27.7 Å². The van der Waals surface area contributed by atoms with Crippen molar-refractivity contribution < 1.29 is 9.59 Å². The molecule has 0 atom stereocenters. The van der Waals surface area contributed by atoms with Crippen molar-refractivity contribution >= 4 is 28.4 Å². The van der Waals surface area contributed by atoms with Gasteiger partial charge in [-0.1, -0.05) is 98.3 Å². The number of anilines is 1. The highest BCUT2D eigenvalue weighted by Gasteiger charge is 2.22. The van der Waals surface area contributed by atoms with Gasteiger partial charge in [0.25, 0.3) is 5.91 Å². The average molecular weight is 503 g/mol. The maximum atomic E-state index is 13.7. The number of para-hydroxylation sites is 1. The van der Waals surface area contributed by atoms with E-state index >= 15 is 0 Å². The van der Waals surface area contributed by atoms with Crippen LogP contribution in [0.1, 0.15) is 30.1 Å². The minimum atomic E-state index is -0.272. The van der Waals surface area contributed by atoms with Gasteiger partial charge in [-0.2, -0.15) is 5.10 Å². The molecule has 2 amide bonds. The summed E-state index contributed by atoms with van der Waals surface area (Å²) in [4.78, 5) is 28.7. The molecule has 0 radical (unpaired) electrons. The van der Waals surface area contributed by atoms with Gasteiger partial charge < -0.3 is 10.2 Å². The molecule has 0 aliphatic heterocycles. The zero-order valence-corrected chi connectivity index (χ0v) is 21.4. The molecule has 1 heterocycles. The van der Waals surface area contributed by atoms with E-state index in [9.17, 15) is 9.59 Å². The molecule has 6 heteroatoms. The van der Waals surface area contributed by atoms with Gasteiger partial charge in [-0.05, 0) is 35.4 Å². The van der Waals surface area contributed by atoms with E-state index in [4.69, 9.17) is 5.10 Å². The Balaban J connectivity index is 1.42. The molecule has 0 saturated carbocycles. The summed E-state index contributed by atoms with van der Waals surface area (Å²) < 4.78 is 1.73. The molecule has 190 valence electrons. The average Bonchev–Trinajstić information content (AvgIpc) is 3.39. The van der Waals surface area contributed by atoms with E-state index in [0.29, 0.717) is 17.9 Å². The van der Waals surface area contributed by atoms with Crippen LogP contribution in [0.5, 0.6) is 0 Å². The molecule has 0 unspecified atom stereocenters. The van der Waals surface area contributed by atoms with Crippen molar-refractivity contribution in [3.8, 4) is 16.9 Å². The maximum Gasteiger partial charge on any atom is 0.254 e. The second kappa shape index (κ2) is 11.6. The van der Waals surface area contributed by atoms with Crippen LogP contribution < -0.4 is 5.32 Å². The molecular weight excluding hydrogens is 472 g/mol. The second-order valence-corrected chi connectivity index (χ2v) is 9.18. The number of fused-ring (bicyclic) bond motifs is 1. The fourth-order valence-corrected chi connectivity index (χ4v) is 4.53. The van der Waals surface area contributed by atoms with Gasteiger partial charge in [-0.25, -0.2) is 4.68 Å². The van der Waals surface area contributed by atoms with E-state index in [0.717, 1.165) is 40.6 Å². The fourth-order valence-electron chi connectivity index (χ4n) is 4.53. The Hall–Kier alpha value is -4.71. The lowest BCUT2D eigenvalue weighted by Gasteiger charge is -2.23. The van der Waals surface area contributed by atoms with Crippen molar-refractivity contribution in [1.29, 1.82) is 0 Å². The number of unbranched alkanes of at least 4 members (excludes halogenated alkanes) is 1. The molecule has 0 spiro atoms. The van der Waals surface area contributed by atoms with Crippen LogP contribution in [0.4, 0.5) is 5.82 Å². The van der Waals surface area contributed by atoms with E-state index in [1.54, 1.807) is 9.58 Å².